The van der Waals surface area contributed by atoms with E-state index >= 15 is 0 Å². The highest BCUT2D eigenvalue weighted by Crippen LogP contribution is 2.27. The fourth-order valence-electron chi connectivity index (χ4n) is 1.54. The summed E-state index contributed by atoms with van der Waals surface area (Å²) in [5, 5.41) is 0. The van der Waals surface area contributed by atoms with Gasteiger partial charge in [-0.3, -0.25) is 14.6 Å². The van der Waals surface area contributed by atoms with Crippen molar-refractivity contribution >= 4 is 11.8 Å². The highest BCUT2D eigenvalue weighted by Gasteiger charge is 2.46. The average molecular weight is 241 g/mol. The Bertz CT molecular complexity index is 482. The SMILES string of the molecule is NC(=O)c1cc(C(=O)N2CC(F)(F)C2)ccn1. The summed E-state index contributed by atoms with van der Waals surface area (Å²) in [4.78, 5) is 27.2. The summed E-state index contributed by atoms with van der Waals surface area (Å²) in [5.74, 6) is -4.13. The first-order valence-electron chi connectivity index (χ1n) is 4.82. The number of amides is 2. The monoisotopic (exact) mass is 241 g/mol. The molecule has 0 saturated carbocycles. The summed E-state index contributed by atoms with van der Waals surface area (Å²) in [5.41, 5.74) is 5.06. The zero-order valence-electron chi connectivity index (χ0n) is 8.69. The number of likely N-dealkylation sites (tertiary alicyclic amines) is 1. The van der Waals surface area contributed by atoms with Crippen LogP contribution in [0.15, 0.2) is 18.3 Å². The van der Waals surface area contributed by atoms with Gasteiger partial charge in [-0.2, -0.15) is 0 Å². The second-order valence-corrected chi connectivity index (χ2v) is 3.81. The molecule has 2 heterocycles. The van der Waals surface area contributed by atoms with Crippen molar-refractivity contribution in [3.8, 4) is 0 Å². The molecule has 7 heteroatoms. The Morgan fingerprint density at radius 1 is 1.41 bits per heavy atom. The average Bonchev–Trinajstić information content (AvgIpc) is 2.25. The third-order valence-electron chi connectivity index (χ3n) is 2.39. The summed E-state index contributed by atoms with van der Waals surface area (Å²) >= 11 is 0. The minimum atomic E-state index is -2.81. The number of carbonyl (C=O) groups is 2. The van der Waals surface area contributed by atoms with Crippen molar-refractivity contribution in [2.24, 2.45) is 5.73 Å². The molecule has 1 aliphatic heterocycles. The van der Waals surface area contributed by atoms with Crippen LogP contribution >= 0.6 is 0 Å². The van der Waals surface area contributed by atoms with E-state index in [0.717, 1.165) is 4.90 Å². The van der Waals surface area contributed by atoms with Crippen LogP contribution in [0.2, 0.25) is 0 Å². The first-order chi connectivity index (χ1) is 7.89. The molecule has 1 aromatic rings. The predicted molar refractivity (Wildman–Crippen MR) is 53.6 cm³/mol. The van der Waals surface area contributed by atoms with Gasteiger partial charge in [0.05, 0.1) is 13.1 Å². The highest BCUT2D eigenvalue weighted by molar-refractivity contribution is 5.98. The molecule has 1 aliphatic rings. The number of pyridine rings is 1. The van der Waals surface area contributed by atoms with E-state index in [-0.39, 0.29) is 11.3 Å². The molecule has 0 aromatic carbocycles. The van der Waals surface area contributed by atoms with Gasteiger partial charge >= 0.3 is 0 Å². The molecule has 0 atom stereocenters. The Labute approximate surface area is 95.2 Å². The molecule has 1 aromatic heterocycles. The maximum absolute atomic E-state index is 12.6. The number of carbonyl (C=O) groups excluding carboxylic acids is 2. The Hall–Kier alpha value is -2.05. The normalized spacial score (nSPS) is 17.4. The number of rotatable bonds is 2. The standard InChI is InChI=1S/C10H9F2N3O2/c11-10(12)4-15(5-10)9(17)6-1-2-14-7(3-6)8(13)16/h1-3H,4-5H2,(H2,13,16). The van der Waals surface area contributed by atoms with Crippen molar-refractivity contribution in [2.45, 2.75) is 5.92 Å². The first-order valence-corrected chi connectivity index (χ1v) is 4.82. The molecule has 0 bridgehead atoms. The van der Waals surface area contributed by atoms with E-state index in [4.69, 9.17) is 5.73 Å². The lowest BCUT2D eigenvalue weighted by Gasteiger charge is -2.38. The fraction of sp³-hybridized carbons (Fsp3) is 0.300. The van der Waals surface area contributed by atoms with Crippen molar-refractivity contribution in [2.75, 3.05) is 13.1 Å². The van der Waals surface area contributed by atoms with Gasteiger partial charge in [0.15, 0.2) is 0 Å². The van der Waals surface area contributed by atoms with Gasteiger partial charge in [-0.25, -0.2) is 8.78 Å². The Morgan fingerprint density at radius 2 is 2.06 bits per heavy atom. The Balaban J connectivity index is 2.15. The summed E-state index contributed by atoms with van der Waals surface area (Å²) in [6, 6.07) is 2.55. The van der Waals surface area contributed by atoms with Gasteiger partial charge in [0.25, 0.3) is 17.7 Å². The van der Waals surface area contributed by atoms with Gasteiger partial charge in [0.2, 0.25) is 0 Å². The van der Waals surface area contributed by atoms with Crippen LogP contribution in [-0.2, 0) is 0 Å². The lowest BCUT2D eigenvalue weighted by Crippen LogP contribution is -2.58. The molecule has 17 heavy (non-hydrogen) atoms. The Kier molecular flexibility index (Phi) is 2.53. The van der Waals surface area contributed by atoms with Crippen LogP contribution < -0.4 is 5.73 Å². The number of nitrogens with zero attached hydrogens (tertiary/aromatic N) is 2. The van der Waals surface area contributed by atoms with Gasteiger partial charge in [-0.05, 0) is 12.1 Å². The van der Waals surface area contributed by atoms with Crippen molar-refractivity contribution < 1.29 is 18.4 Å². The summed E-state index contributed by atoms with van der Waals surface area (Å²) in [7, 11) is 0. The predicted octanol–water partition coefficient (Wildman–Crippen LogP) is 0.272. The maximum atomic E-state index is 12.6. The number of aromatic nitrogens is 1. The minimum absolute atomic E-state index is 0.0665. The van der Waals surface area contributed by atoms with Crippen molar-refractivity contribution in [1.82, 2.24) is 9.88 Å². The van der Waals surface area contributed by atoms with Gasteiger partial charge in [-0.1, -0.05) is 0 Å². The minimum Gasteiger partial charge on any atom is -0.364 e. The van der Waals surface area contributed by atoms with Crippen molar-refractivity contribution in [3.63, 3.8) is 0 Å². The number of nitrogens with two attached hydrogens (primary N) is 1. The summed E-state index contributed by atoms with van der Waals surface area (Å²) in [6.07, 6.45) is 1.24. The zero-order valence-corrected chi connectivity index (χ0v) is 8.69. The van der Waals surface area contributed by atoms with E-state index in [1.54, 1.807) is 0 Å². The second-order valence-electron chi connectivity index (χ2n) is 3.81. The largest absolute Gasteiger partial charge is 0.364 e. The van der Waals surface area contributed by atoms with Crippen molar-refractivity contribution in [3.05, 3.63) is 29.6 Å². The molecule has 1 saturated heterocycles. The molecular weight excluding hydrogens is 232 g/mol. The van der Waals surface area contributed by atoms with Crippen LogP contribution in [0.4, 0.5) is 8.78 Å². The van der Waals surface area contributed by atoms with E-state index in [9.17, 15) is 18.4 Å². The molecule has 0 spiro atoms. The number of alkyl halides is 2. The fourth-order valence-corrected chi connectivity index (χ4v) is 1.54. The molecule has 1 fully saturated rings. The zero-order chi connectivity index (χ0) is 12.6. The lowest BCUT2D eigenvalue weighted by molar-refractivity contribution is -0.113. The van der Waals surface area contributed by atoms with Crippen LogP contribution in [0, 0.1) is 0 Å². The molecule has 5 nitrogen and oxygen atoms in total. The molecule has 90 valence electrons. The lowest BCUT2D eigenvalue weighted by atomic mass is 10.1. The summed E-state index contributed by atoms with van der Waals surface area (Å²) in [6.45, 7) is -1.19. The number of halogens is 2. The van der Waals surface area contributed by atoms with Crippen LogP contribution in [0.3, 0.4) is 0 Å². The summed E-state index contributed by atoms with van der Waals surface area (Å²) < 4.78 is 25.2. The van der Waals surface area contributed by atoms with Crippen LogP contribution in [0.25, 0.3) is 0 Å². The molecular formula is C10H9F2N3O2. The van der Waals surface area contributed by atoms with E-state index in [0.29, 0.717) is 0 Å². The maximum Gasteiger partial charge on any atom is 0.282 e. The number of hydrogen-bond donors (Lipinski definition) is 1. The van der Waals surface area contributed by atoms with E-state index in [1.807, 2.05) is 0 Å². The second kappa shape index (κ2) is 3.76. The quantitative estimate of drug-likeness (QED) is 0.807. The van der Waals surface area contributed by atoms with E-state index in [2.05, 4.69) is 4.98 Å². The smallest absolute Gasteiger partial charge is 0.282 e. The topological polar surface area (TPSA) is 76.3 Å². The molecule has 2 rings (SSSR count). The van der Waals surface area contributed by atoms with Crippen LogP contribution in [0.1, 0.15) is 20.8 Å². The van der Waals surface area contributed by atoms with Gasteiger partial charge < -0.3 is 10.6 Å². The Morgan fingerprint density at radius 3 is 2.59 bits per heavy atom. The van der Waals surface area contributed by atoms with Gasteiger partial charge in [-0.15, -0.1) is 0 Å². The first kappa shape index (κ1) is 11.4. The molecule has 2 N–H and O–H groups in total. The van der Waals surface area contributed by atoms with Crippen LogP contribution in [0.5, 0.6) is 0 Å². The molecule has 0 radical (unpaired) electrons. The van der Waals surface area contributed by atoms with E-state index in [1.165, 1.54) is 18.3 Å². The molecule has 0 aliphatic carbocycles. The van der Waals surface area contributed by atoms with Crippen molar-refractivity contribution in [1.29, 1.82) is 0 Å². The van der Waals surface area contributed by atoms with Gasteiger partial charge in [0.1, 0.15) is 5.69 Å². The van der Waals surface area contributed by atoms with Gasteiger partial charge in [0, 0.05) is 11.8 Å². The third-order valence-corrected chi connectivity index (χ3v) is 2.39. The third kappa shape index (κ3) is 2.22. The highest BCUT2D eigenvalue weighted by atomic mass is 19.3. The molecule has 0 unspecified atom stereocenters. The number of hydrogen-bond acceptors (Lipinski definition) is 3. The molecule has 2 amide bonds. The number of primary amides is 1. The van der Waals surface area contributed by atoms with Crippen LogP contribution in [-0.4, -0.2) is 40.7 Å². The van der Waals surface area contributed by atoms with E-state index < -0.39 is 30.8 Å².